The molecule has 2 aliphatic rings. The maximum absolute atomic E-state index is 13.0. The molecular formula is C20H26ClN3O2. The summed E-state index contributed by atoms with van der Waals surface area (Å²) in [6.45, 7) is 4.76. The van der Waals surface area contributed by atoms with Crippen molar-refractivity contribution in [1.29, 1.82) is 0 Å². The van der Waals surface area contributed by atoms with Crippen LogP contribution in [0, 0.1) is 11.8 Å². The van der Waals surface area contributed by atoms with E-state index in [-0.39, 0.29) is 18.4 Å². The van der Waals surface area contributed by atoms with Gasteiger partial charge < -0.3 is 19.9 Å². The van der Waals surface area contributed by atoms with E-state index in [1.807, 2.05) is 29.2 Å². The van der Waals surface area contributed by atoms with E-state index in [2.05, 4.69) is 9.88 Å². The molecule has 2 saturated heterocycles. The largest absolute Gasteiger partial charge is 0.396 e. The van der Waals surface area contributed by atoms with Crippen molar-refractivity contribution in [2.24, 2.45) is 11.8 Å². The normalized spacial score (nSPS) is 24.5. The molecule has 2 atom stereocenters. The molecule has 140 valence electrons. The van der Waals surface area contributed by atoms with Gasteiger partial charge in [0.15, 0.2) is 0 Å². The number of amides is 1. The first-order valence-corrected chi connectivity index (χ1v) is 9.92. The van der Waals surface area contributed by atoms with Crippen molar-refractivity contribution in [3.8, 4) is 0 Å². The molecule has 4 rings (SSSR count). The second kappa shape index (κ2) is 7.59. The minimum atomic E-state index is 0.0110. The molecule has 0 unspecified atom stereocenters. The summed E-state index contributed by atoms with van der Waals surface area (Å²) >= 11 is 6.04. The Morgan fingerprint density at radius 2 is 1.92 bits per heavy atom. The van der Waals surface area contributed by atoms with Crippen LogP contribution < -0.4 is 0 Å². The molecule has 0 aliphatic carbocycles. The van der Waals surface area contributed by atoms with Gasteiger partial charge in [0.25, 0.3) is 5.91 Å². The first-order chi connectivity index (χ1) is 12.6. The third-order valence-corrected chi connectivity index (χ3v) is 6.09. The number of hydrogen-bond donors (Lipinski definition) is 2. The van der Waals surface area contributed by atoms with Gasteiger partial charge in [0.05, 0.1) is 0 Å². The predicted molar refractivity (Wildman–Crippen MR) is 104 cm³/mol. The molecule has 3 heterocycles. The monoisotopic (exact) mass is 375 g/mol. The number of aromatic nitrogens is 1. The van der Waals surface area contributed by atoms with Crippen LogP contribution in [0.4, 0.5) is 0 Å². The topological polar surface area (TPSA) is 59.6 Å². The summed E-state index contributed by atoms with van der Waals surface area (Å²) in [7, 11) is 0. The number of aromatic amines is 1. The molecule has 0 spiro atoms. The highest BCUT2D eigenvalue weighted by Gasteiger charge is 2.36. The molecule has 2 fully saturated rings. The average Bonchev–Trinajstić information content (AvgIpc) is 3.25. The average molecular weight is 376 g/mol. The Kier molecular flexibility index (Phi) is 5.20. The summed E-state index contributed by atoms with van der Waals surface area (Å²) in [5.41, 5.74) is 1.51. The third-order valence-electron chi connectivity index (χ3n) is 5.85. The molecule has 0 bridgehead atoms. The van der Waals surface area contributed by atoms with E-state index in [1.165, 1.54) is 19.3 Å². The Labute approximate surface area is 158 Å². The first kappa shape index (κ1) is 17.8. The van der Waals surface area contributed by atoms with Crippen LogP contribution in [0.3, 0.4) is 0 Å². The zero-order valence-electron chi connectivity index (χ0n) is 15.0. The van der Waals surface area contributed by atoms with Crippen molar-refractivity contribution < 1.29 is 9.90 Å². The Morgan fingerprint density at radius 1 is 1.15 bits per heavy atom. The Balaban J connectivity index is 1.46. The van der Waals surface area contributed by atoms with Crippen molar-refractivity contribution in [2.45, 2.75) is 19.3 Å². The van der Waals surface area contributed by atoms with E-state index in [0.717, 1.165) is 37.1 Å². The van der Waals surface area contributed by atoms with Crippen LogP contribution in [0.25, 0.3) is 10.9 Å². The van der Waals surface area contributed by atoms with Crippen LogP contribution in [0.1, 0.15) is 29.8 Å². The van der Waals surface area contributed by atoms with Gasteiger partial charge in [-0.2, -0.15) is 0 Å². The van der Waals surface area contributed by atoms with Crippen LogP contribution in [-0.4, -0.2) is 65.1 Å². The number of likely N-dealkylation sites (tertiary alicyclic amines) is 2. The van der Waals surface area contributed by atoms with Gasteiger partial charge in [0.2, 0.25) is 0 Å². The highest BCUT2D eigenvalue weighted by Crippen LogP contribution is 2.28. The van der Waals surface area contributed by atoms with Gasteiger partial charge in [-0.15, -0.1) is 0 Å². The number of hydrogen-bond acceptors (Lipinski definition) is 3. The van der Waals surface area contributed by atoms with Gasteiger partial charge in [-0.1, -0.05) is 18.0 Å². The van der Waals surface area contributed by atoms with Gasteiger partial charge in [0.1, 0.15) is 5.69 Å². The highest BCUT2D eigenvalue weighted by atomic mass is 35.5. The number of halogens is 1. The molecule has 0 radical (unpaired) electrons. The predicted octanol–water partition coefficient (Wildman–Crippen LogP) is 2.99. The van der Waals surface area contributed by atoms with E-state index >= 15 is 0 Å². The molecule has 6 heteroatoms. The summed E-state index contributed by atoms with van der Waals surface area (Å²) in [6.07, 6.45) is 3.84. The Morgan fingerprint density at radius 3 is 2.69 bits per heavy atom. The standard InChI is InChI=1S/C20H26ClN3O2/c21-17-4-5-18-14(8-17)9-19(22-18)20(26)24-11-15(16(12-24)13-25)10-23-6-2-1-3-7-23/h4-5,8-9,15-16,22,25H,1-3,6-7,10-13H2/t15-,16-/m0/s1. The fraction of sp³-hybridized carbons (Fsp3) is 0.550. The number of nitrogens with zero attached hydrogens (tertiary/aromatic N) is 2. The van der Waals surface area contributed by atoms with E-state index in [1.54, 1.807) is 0 Å². The zero-order chi connectivity index (χ0) is 18.1. The lowest BCUT2D eigenvalue weighted by Gasteiger charge is -2.30. The third kappa shape index (κ3) is 3.61. The van der Waals surface area contributed by atoms with Crippen LogP contribution in [0.2, 0.25) is 5.02 Å². The molecule has 26 heavy (non-hydrogen) atoms. The minimum absolute atomic E-state index is 0.0110. The van der Waals surface area contributed by atoms with E-state index in [0.29, 0.717) is 23.2 Å². The number of piperidine rings is 1. The molecule has 1 aromatic heterocycles. The van der Waals surface area contributed by atoms with Crippen LogP contribution >= 0.6 is 11.6 Å². The van der Waals surface area contributed by atoms with E-state index in [4.69, 9.17) is 11.6 Å². The number of nitrogens with one attached hydrogen (secondary N) is 1. The van der Waals surface area contributed by atoms with Crippen molar-refractivity contribution in [3.63, 3.8) is 0 Å². The van der Waals surface area contributed by atoms with Crippen molar-refractivity contribution >= 4 is 28.4 Å². The minimum Gasteiger partial charge on any atom is -0.396 e. The number of carbonyl (C=O) groups excluding carboxylic acids is 1. The molecular weight excluding hydrogens is 350 g/mol. The maximum Gasteiger partial charge on any atom is 0.270 e. The second-order valence-electron chi connectivity index (χ2n) is 7.69. The van der Waals surface area contributed by atoms with Crippen molar-refractivity contribution in [2.75, 3.05) is 39.3 Å². The zero-order valence-corrected chi connectivity index (χ0v) is 15.7. The van der Waals surface area contributed by atoms with Gasteiger partial charge >= 0.3 is 0 Å². The van der Waals surface area contributed by atoms with Crippen molar-refractivity contribution in [1.82, 2.24) is 14.8 Å². The Bertz CT molecular complexity index is 784. The summed E-state index contributed by atoms with van der Waals surface area (Å²) in [5, 5.41) is 11.4. The number of H-pyrrole nitrogens is 1. The number of aliphatic hydroxyl groups excluding tert-OH is 1. The molecule has 1 amide bonds. The molecule has 1 aromatic carbocycles. The van der Waals surface area contributed by atoms with Crippen LogP contribution in [0.5, 0.6) is 0 Å². The maximum atomic E-state index is 13.0. The first-order valence-electron chi connectivity index (χ1n) is 9.55. The molecule has 0 saturated carbocycles. The molecule has 2 aliphatic heterocycles. The van der Waals surface area contributed by atoms with E-state index < -0.39 is 0 Å². The van der Waals surface area contributed by atoms with Crippen LogP contribution in [0.15, 0.2) is 24.3 Å². The summed E-state index contributed by atoms with van der Waals surface area (Å²) in [4.78, 5) is 20.6. The molecule has 2 aromatic rings. The molecule has 5 nitrogen and oxygen atoms in total. The van der Waals surface area contributed by atoms with Crippen molar-refractivity contribution in [3.05, 3.63) is 35.0 Å². The molecule has 2 N–H and O–H groups in total. The number of benzene rings is 1. The highest BCUT2D eigenvalue weighted by molar-refractivity contribution is 6.31. The van der Waals surface area contributed by atoms with E-state index in [9.17, 15) is 9.90 Å². The number of carbonyl (C=O) groups is 1. The number of fused-ring (bicyclic) bond motifs is 1. The fourth-order valence-corrected chi connectivity index (χ4v) is 4.56. The van der Waals surface area contributed by atoms with Gasteiger partial charge in [-0.25, -0.2) is 0 Å². The van der Waals surface area contributed by atoms with Gasteiger partial charge in [-0.05, 0) is 56.1 Å². The van der Waals surface area contributed by atoms with Gasteiger partial charge in [0, 0.05) is 48.1 Å². The quantitative estimate of drug-likeness (QED) is 0.863. The smallest absolute Gasteiger partial charge is 0.270 e. The number of rotatable bonds is 4. The lowest BCUT2D eigenvalue weighted by Crippen LogP contribution is -2.37. The Hall–Kier alpha value is -1.56. The summed E-state index contributed by atoms with van der Waals surface area (Å²) in [5.74, 6) is 0.525. The lowest BCUT2D eigenvalue weighted by molar-refractivity contribution is 0.0773. The van der Waals surface area contributed by atoms with Crippen LogP contribution in [-0.2, 0) is 0 Å². The summed E-state index contributed by atoms with van der Waals surface area (Å²) < 4.78 is 0. The number of aliphatic hydroxyl groups is 1. The van der Waals surface area contributed by atoms with Gasteiger partial charge in [-0.3, -0.25) is 4.79 Å². The summed E-state index contributed by atoms with van der Waals surface area (Å²) in [6, 6.07) is 7.45. The second-order valence-corrected chi connectivity index (χ2v) is 8.13. The lowest BCUT2D eigenvalue weighted by atomic mass is 9.95. The fourth-order valence-electron chi connectivity index (χ4n) is 4.38. The SMILES string of the molecule is O=C(c1cc2cc(Cl)ccc2[nH]1)N1C[C@@H](CO)[C@@H](CN2CCCCC2)C1.